The molecule has 132 valence electrons. The Labute approximate surface area is 151 Å². The normalized spacial score (nSPS) is 14.4. The second kappa shape index (κ2) is 7.32. The van der Waals surface area contributed by atoms with Gasteiger partial charge in [0, 0.05) is 30.7 Å². The molecule has 7 nitrogen and oxygen atoms in total. The van der Waals surface area contributed by atoms with Crippen molar-refractivity contribution in [1.82, 2.24) is 14.7 Å². The Hall–Kier alpha value is -2.26. The summed E-state index contributed by atoms with van der Waals surface area (Å²) >= 11 is 3.16. The standard InChI is InChI=1S/C16H16BrFN4O3/c1-21-14(15(23)19-12-3-2-10(17)8-11(12)18)9-13(20-21)16(24)22-4-6-25-7-5-22/h2-3,8-9H,4-7H2,1H3,(H,19,23). The van der Waals surface area contributed by atoms with E-state index in [2.05, 4.69) is 26.3 Å². The number of rotatable bonds is 3. The number of hydrogen-bond acceptors (Lipinski definition) is 4. The van der Waals surface area contributed by atoms with Gasteiger partial charge in [-0.25, -0.2) is 4.39 Å². The molecule has 0 atom stereocenters. The van der Waals surface area contributed by atoms with Crippen molar-refractivity contribution in [2.24, 2.45) is 7.05 Å². The Kier molecular flexibility index (Phi) is 5.14. The lowest BCUT2D eigenvalue weighted by atomic mass is 10.2. The molecule has 1 aliphatic heterocycles. The van der Waals surface area contributed by atoms with E-state index in [1.807, 2.05) is 0 Å². The van der Waals surface area contributed by atoms with Gasteiger partial charge in [-0.1, -0.05) is 15.9 Å². The van der Waals surface area contributed by atoms with E-state index in [1.165, 1.54) is 22.9 Å². The van der Waals surface area contributed by atoms with Crippen LogP contribution >= 0.6 is 15.9 Å². The number of halogens is 2. The first-order valence-corrected chi connectivity index (χ1v) is 8.42. The van der Waals surface area contributed by atoms with Gasteiger partial charge < -0.3 is 15.0 Å². The van der Waals surface area contributed by atoms with Gasteiger partial charge in [0.15, 0.2) is 5.69 Å². The third-order valence-electron chi connectivity index (χ3n) is 3.81. The van der Waals surface area contributed by atoms with E-state index < -0.39 is 11.7 Å². The van der Waals surface area contributed by atoms with Gasteiger partial charge in [0.05, 0.1) is 18.9 Å². The molecule has 2 aromatic rings. The fraction of sp³-hybridized carbons (Fsp3) is 0.312. The molecule has 0 radical (unpaired) electrons. The number of ether oxygens (including phenoxy) is 1. The Morgan fingerprint density at radius 3 is 2.68 bits per heavy atom. The van der Waals surface area contributed by atoms with Crippen LogP contribution in [-0.4, -0.2) is 52.8 Å². The van der Waals surface area contributed by atoms with E-state index in [1.54, 1.807) is 18.0 Å². The zero-order valence-electron chi connectivity index (χ0n) is 13.5. The summed E-state index contributed by atoms with van der Waals surface area (Å²) in [6.45, 7) is 1.94. The van der Waals surface area contributed by atoms with E-state index in [4.69, 9.17) is 4.74 Å². The number of carbonyl (C=O) groups is 2. The van der Waals surface area contributed by atoms with Crippen LogP contribution in [0.15, 0.2) is 28.7 Å². The Bertz CT molecular complexity index is 818. The smallest absolute Gasteiger partial charge is 0.274 e. The maximum atomic E-state index is 13.9. The summed E-state index contributed by atoms with van der Waals surface area (Å²) in [4.78, 5) is 26.5. The summed E-state index contributed by atoms with van der Waals surface area (Å²) in [5.74, 6) is -1.36. The van der Waals surface area contributed by atoms with Gasteiger partial charge in [0.1, 0.15) is 11.5 Å². The van der Waals surface area contributed by atoms with Crippen molar-refractivity contribution in [3.05, 3.63) is 45.9 Å². The number of nitrogens with zero attached hydrogens (tertiary/aromatic N) is 3. The van der Waals surface area contributed by atoms with Crippen molar-refractivity contribution < 1.29 is 18.7 Å². The van der Waals surface area contributed by atoms with Crippen LogP contribution in [0.4, 0.5) is 10.1 Å². The minimum atomic E-state index is -0.561. The largest absolute Gasteiger partial charge is 0.378 e. The van der Waals surface area contributed by atoms with Crippen LogP contribution in [0.2, 0.25) is 0 Å². The first kappa shape index (κ1) is 17.6. The summed E-state index contributed by atoms with van der Waals surface area (Å²) in [5.41, 5.74) is 0.389. The van der Waals surface area contributed by atoms with Crippen LogP contribution < -0.4 is 5.32 Å². The molecule has 2 amide bonds. The second-order valence-electron chi connectivity index (χ2n) is 5.52. The molecule has 1 fully saturated rings. The highest BCUT2D eigenvalue weighted by Crippen LogP contribution is 2.20. The van der Waals surface area contributed by atoms with Crippen molar-refractivity contribution in [1.29, 1.82) is 0 Å². The monoisotopic (exact) mass is 410 g/mol. The van der Waals surface area contributed by atoms with Crippen molar-refractivity contribution in [2.45, 2.75) is 0 Å². The van der Waals surface area contributed by atoms with E-state index in [-0.39, 0.29) is 23.0 Å². The van der Waals surface area contributed by atoms with Gasteiger partial charge in [-0.2, -0.15) is 5.10 Å². The van der Waals surface area contributed by atoms with E-state index in [0.29, 0.717) is 30.8 Å². The van der Waals surface area contributed by atoms with Gasteiger partial charge in [-0.15, -0.1) is 0 Å². The topological polar surface area (TPSA) is 76.5 Å². The fourth-order valence-electron chi connectivity index (χ4n) is 2.49. The van der Waals surface area contributed by atoms with Crippen LogP contribution in [0.5, 0.6) is 0 Å². The highest BCUT2D eigenvalue weighted by molar-refractivity contribution is 9.10. The molecule has 1 saturated heterocycles. The molecular formula is C16H16BrFN4O3. The van der Waals surface area contributed by atoms with Crippen molar-refractivity contribution in [2.75, 3.05) is 31.6 Å². The predicted octanol–water partition coefficient (Wildman–Crippen LogP) is 2.05. The zero-order valence-corrected chi connectivity index (χ0v) is 15.0. The maximum Gasteiger partial charge on any atom is 0.274 e. The van der Waals surface area contributed by atoms with Crippen LogP contribution in [0.3, 0.4) is 0 Å². The number of aromatic nitrogens is 2. The molecule has 1 aromatic heterocycles. The molecule has 1 aromatic carbocycles. The molecule has 1 aliphatic rings. The van der Waals surface area contributed by atoms with Crippen molar-refractivity contribution in [3.63, 3.8) is 0 Å². The van der Waals surface area contributed by atoms with Gasteiger partial charge in [0.2, 0.25) is 0 Å². The summed E-state index contributed by atoms with van der Waals surface area (Å²) in [6.07, 6.45) is 0. The van der Waals surface area contributed by atoms with Crippen LogP contribution in [0.1, 0.15) is 21.0 Å². The molecule has 1 N–H and O–H groups in total. The van der Waals surface area contributed by atoms with Crippen molar-refractivity contribution >= 4 is 33.4 Å². The lowest BCUT2D eigenvalue weighted by Crippen LogP contribution is -2.40. The molecule has 0 aliphatic carbocycles. The molecule has 0 bridgehead atoms. The van der Waals surface area contributed by atoms with Crippen LogP contribution in [0.25, 0.3) is 0 Å². The molecule has 9 heteroatoms. The number of carbonyl (C=O) groups excluding carboxylic acids is 2. The molecule has 0 spiro atoms. The lowest BCUT2D eigenvalue weighted by molar-refractivity contribution is 0.0298. The molecule has 0 saturated carbocycles. The second-order valence-corrected chi connectivity index (χ2v) is 6.44. The molecule has 3 rings (SSSR count). The maximum absolute atomic E-state index is 13.9. The summed E-state index contributed by atoms with van der Waals surface area (Å²) in [7, 11) is 1.56. The molecule has 0 unspecified atom stereocenters. The van der Waals surface area contributed by atoms with E-state index in [0.717, 1.165) is 0 Å². The number of aryl methyl sites for hydroxylation is 1. The van der Waals surface area contributed by atoms with Crippen LogP contribution in [0, 0.1) is 5.82 Å². The van der Waals surface area contributed by atoms with E-state index in [9.17, 15) is 14.0 Å². The summed E-state index contributed by atoms with van der Waals surface area (Å²) < 4.78 is 21.0. The zero-order chi connectivity index (χ0) is 18.0. The number of benzene rings is 1. The Morgan fingerprint density at radius 2 is 2.00 bits per heavy atom. The summed E-state index contributed by atoms with van der Waals surface area (Å²) in [5, 5.41) is 6.59. The SMILES string of the molecule is Cn1nc(C(=O)N2CCOCC2)cc1C(=O)Nc1ccc(Br)cc1F. The number of anilines is 1. The number of morpholine rings is 1. The van der Waals surface area contributed by atoms with Crippen LogP contribution in [-0.2, 0) is 11.8 Å². The number of hydrogen-bond donors (Lipinski definition) is 1. The average Bonchev–Trinajstić information content (AvgIpc) is 2.99. The number of nitrogens with one attached hydrogen (secondary N) is 1. The van der Waals surface area contributed by atoms with Gasteiger partial charge >= 0.3 is 0 Å². The van der Waals surface area contributed by atoms with Gasteiger partial charge in [-0.05, 0) is 18.2 Å². The average molecular weight is 411 g/mol. The first-order valence-electron chi connectivity index (χ1n) is 7.63. The lowest BCUT2D eigenvalue weighted by Gasteiger charge is -2.25. The molecule has 2 heterocycles. The van der Waals surface area contributed by atoms with Gasteiger partial charge in [0.25, 0.3) is 11.8 Å². The highest BCUT2D eigenvalue weighted by Gasteiger charge is 2.24. The Morgan fingerprint density at radius 1 is 1.28 bits per heavy atom. The first-order chi connectivity index (χ1) is 12.0. The van der Waals surface area contributed by atoms with Gasteiger partial charge in [-0.3, -0.25) is 14.3 Å². The minimum Gasteiger partial charge on any atom is -0.378 e. The minimum absolute atomic E-state index is 0.0513. The third kappa shape index (κ3) is 3.88. The number of amides is 2. The highest BCUT2D eigenvalue weighted by atomic mass is 79.9. The fourth-order valence-corrected chi connectivity index (χ4v) is 2.82. The Balaban J connectivity index is 1.77. The quantitative estimate of drug-likeness (QED) is 0.839. The third-order valence-corrected chi connectivity index (χ3v) is 4.30. The van der Waals surface area contributed by atoms with E-state index >= 15 is 0 Å². The van der Waals surface area contributed by atoms with Crippen molar-refractivity contribution in [3.8, 4) is 0 Å². The summed E-state index contributed by atoms with van der Waals surface area (Å²) in [6, 6.07) is 5.74. The molecular weight excluding hydrogens is 395 g/mol. The predicted molar refractivity (Wildman–Crippen MR) is 92.0 cm³/mol. The molecule has 25 heavy (non-hydrogen) atoms.